The molecule has 0 aliphatic carbocycles. The molecule has 6 nitrogen and oxygen atoms in total. The number of H-pyrrole nitrogens is 1. The predicted octanol–water partition coefficient (Wildman–Crippen LogP) is 5.04. The number of benzene rings is 2. The first-order valence-electron chi connectivity index (χ1n) is 9.92. The Morgan fingerprint density at radius 3 is 2.55 bits per heavy atom. The van der Waals surface area contributed by atoms with Crippen molar-refractivity contribution in [1.82, 2.24) is 19.3 Å². The maximum absolute atomic E-state index is 15.1. The van der Waals surface area contributed by atoms with Gasteiger partial charge in [-0.15, -0.1) is 0 Å². The first-order chi connectivity index (χ1) is 15.9. The fraction of sp³-hybridized carbons (Fsp3) is 0.0417. The highest BCUT2D eigenvalue weighted by atomic mass is 35.5. The number of hydrogen-bond acceptors (Lipinski definition) is 3. The van der Waals surface area contributed by atoms with Gasteiger partial charge in [-0.1, -0.05) is 41.4 Å². The van der Waals surface area contributed by atoms with Crippen molar-refractivity contribution in [3.8, 4) is 16.9 Å². The Labute approximate surface area is 196 Å². The van der Waals surface area contributed by atoms with Gasteiger partial charge in [0, 0.05) is 29.0 Å². The molecule has 1 N–H and O–H groups in total. The average Bonchev–Trinajstić information content (AvgIpc) is 3.11. The normalized spacial score (nSPS) is 11.2. The minimum absolute atomic E-state index is 0.0772. The van der Waals surface area contributed by atoms with E-state index in [0.717, 1.165) is 11.6 Å². The van der Waals surface area contributed by atoms with Crippen molar-refractivity contribution in [1.29, 1.82) is 0 Å². The van der Waals surface area contributed by atoms with Crippen molar-refractivity contribution < 1.29 is 4.39 Å². The lowest BCUT2D eigenvalue weighted by atomic mass is 10.1. The lowest BCUT2D eigenvalue weighted by molar-refractivity contribution is 0.628. The molecule has 0 aliphatic heterocycles. The maximum Gasteiger partial charge on any atom is 0.281 e. The lowest BCUT2D eigenvalue weighted by Crippen LogP contribution is -2.24. The van der Waals surface area contributed by atoms with Crippen molar-refractivity contribution in [2.75, 3.05) is 0 Å². The van der Waals surface area contributed by atoms with Crippen molar-refractivity contribution in [3.63, 3.8) is 0 Å². The molecule has 0 radical (unpaired) electrons. The first kappa shape index (κ1) is 21.2. The van der Waals surface area contributed by atoms with Crippen LogP contribution in [0.25, 0.3) is 27.8 Å². The third kappa shape index (κ3) is 3.75. The highest BCUT2D eigenvalue weighted by Crippen LogP contribution is 2.30. The summed E-state index contributed by atoms with van der Waals surface area (Å²) in [6.07, 6.45) is 3.22. The molecule has 33 heavy (non-hydrogen) atoms. The van der Waals surface area contributed by atoms with Gasteiger partial charge in [0.05, 0.1) is 33.9 Å². The van der Waals surface area contributed by atoms with Gasteiger partial charge in [-0.3, -0.25) is 19.7 Å². The molecule has 0 saturated heterocycles. The number of rotatable bonds is 4. The van der Waals surface area contributed by atoms with E-state index in [0.29, 0.717) is 10.7 Å². The van der Waals surface area contributed by atoms with Crippen molar-refractivity contribution >= 4 is 34.1 Å². The third-order valence-electron chi connectivity index (χ3n) is 5.30. The molecule has 9 heteroatoms. The van der Waals surface area contributed by atoms with Gasteiger partial charge in [0.25, 0.3) is 11.1 Å². The SMILES string of the molecule is O=c1c2c(-c3ccc(Cl)cc3F)n(Cc3cccnc3)c(=O)cc2[nH]n1-c1ccccc1Cl. The summed E-state index contributed by atoms with van der Waals surface area (Å²) in [5, 5.41) is 3.64. The molecule has 0 atom stereocenters. The molecule has 0 aliphatic rings. The van der Waals surface area contributed by atoms with Gasteiger partial charge in [0.15, 0.2) is 0 Å². The molecule has 0 bridgehead atoms. The predicted molar refractivity (Wildman–Crippen MR) is 127 cm³/mol. The van der Waals surface area contributed by atoms with E-state index in [9.17, 15) is 9.59 Å². The van der Waals surface area contributed by atoms with E-state index in [2.05, 4.69) is 10.1 Å². The minimum Gasteiger partial charge on any atom is -0.303 e. The minimum atomic E-state index is -0.653. The Hall–Kier alpha value is -3.68. The Morgan fingerprint density at radius 1 is 1.00 bits per heavy atom. The van der Waals surface area contributed by atoms with Gasteiger partial charge < -0.3 is 4.57 Å². The smallest absolute Gasteiger partial charge is 0.281 e. The van der Waals surface area contributed by atoms with Crippen molar-refractivity contribution in [2.45, 2.75) is 6.54 Å². The number of aromatic nitrogens is 4. The van der Waals surface area contributed by atoms with Gasteiger partial charge in [-0.05, 0) is 42.0 Å². The molecular formula is C24H15Cl2FN4O2. The van der Waals surface area contributed by atoms with Crippen LogP contribution in [-0.2, 0) is 6.54 Å². The van der Waals surface area contributed by atoms with E-state index in [1.165, 1.54) is 27.4 Å². The molecule has 0 amide bonds. The second kappa shape index (κ2) is 8.35. The van der Waals surface area contributed by atoms with Crippen LogP contribution in [0.2, 0.25) is 10.0 Å². The second-order valence-corrected chi connectivity index (χ2v) is 8.24. The van der Waals surface area contributed by atoms with Crippen molar-refractivity contribution in [2.24, 2.45) is 0 Å². The van der Waals surface area contributed by atoms with E-state index in [-0.39, 0.29) is 33.7 Å². The Kier molecular flexibility index (Phi) is 5.36. The van der Waals surface area contributed by atoms with Crippen LogP contribution in [0.1, 0.15) is 5.56 Å². The van der Waals surface area contributed by atoms with E-state index >= 15 is 4.39 Å². The van der Waals surface area contributed by atoms with Crippen LogP contribution in [0.4, 0.5) is 4.39 Å². The number of nitrogens with one attached hydrogen (secondary N) is 1. The molecule has 5 rings (SSSR count). The zero-order valence-electron chi connectivity index (χ0n) is 16.9. The number of hydrogen-bond donors (Lipinski definition) is 1. The largest absolute Gasteiger partial charge is 0.303 e. The number of aromatic amines is 1. The van der Waals surface area contributed by atoms with Crippen LogP contribution in [0.3, 0.4) is 0 Å². The lowest BCUT2D eigenvalue weighted by Gasteiger charge is -2.14. The van der Waals surface area contributed by atoms with E-state index in [4.69, 9.17) is 23.2 Å². The zero-order chi connectivity index (χ0) is 23.1. The molecule has 3 aromatic heterocycles. The van der Waals surface area contributed by atoms with Crippen LogP contribution in [0, 0.1) is 5.82 Å². The summed E-state index contributed by atoms with van der Waals surface area (Å²) in [5.74, 6) is -0.653. The molecule has 0 unspecified atom stereocenters. The fourth-order valence-electron chi connectivity index (χ4n) is 3.83. The van der Waals surface area contributed by atoms with Crippen LogP contribution in [0.5, 0.6) is 0 Å². The van der Waals surface area contributed by atoms with Gasteiger partial charge in [0.2, 0.25) is 0 Å². The zero-order valence-corrected chi connectivity index (χ0v) is 18.4. The Balaban J connectivity index is 1.88. The van der Waals surface area contributed by atoms with Crippen LogP contribution in [-0.4, -0.2) is 19.3 Å². The summed E-state index contributed by atoms with van der Waals surface area (Å²) in [5.41, 5.74) is 0.726. The molecule has 0 spiro atoms. The summed E-state index contributed by atoms with van der Waals surface area (Å²) >= 11 is 12.3. The summed E-state index contributed by atoms with van der Waals surface area (Å²) in [7, 11) is 0. The summed E-state index contributed by atoms with van der Waals surface area (Å²) in [4.78, 5) is 30.8. The summed E-state index contributed by atoms with van der Waals surface area (Å²) in [6, 6.07) is 15.8. The van der Waals surface area contributed by atoms with E-state index in [1.807, 2.05) is 0 Å². The highest BCUT2D eigenvalue weighted by Gasteiger charge is 2.22. The molecule has 0 fully saturated rings. The quantitative estimate of drug-likeness (QED) is 0.391. The van der Waals surface area contributed by atoms with Gasteiger partial charge >= 0.3 is 0 Å². The Morgan fingerprint density at radius 2 is 1.82 bits per heavy atom. The number of fused-ring (bicyclic) bond motifs is 1. The standard InChI is InChI=1S/C24H15Cl2FN4O2/c25-15-7-8-16(18(27)10-15)23-22-19(11-21(32)30(23)13-14-4-3-9-28-12-14)29-31(24(22)33)20-6-2-1-5-17(20)26/h1-12,29H,13H2. The number of nitrogens with zero attached hydrogens (tertiary/aromatic N) is 3. The molecule has 3 heterocycles. The Bertz CT molecular complexity index is 1620. The summed E-state index contributed by atoms with van der Waals surface area (Å²) in [6.45, 7) is 0.0940. The van der Waals surface area contributed by atoms with Crippen LogP contribution in [0.15, 0.2) is 82.6 Å². The summed E-state index contributed by atoms with van der Waals surface area (Å²) < 4.78 is 17.7. The highest BCUT2D eigenvalue weighted by molar-refractivity contribution is 6.32. The molecule has 5 aromatic rings. The first-order valence-corrected chi connectivity index (χ1v) is 10.7. The van der Waals surface area contributed by atoms with E-state index < -0.39 is 16.9 Å². The fourth-order valence-corrected chi connectivity index (χ4v) is 4.21. The van der Waals surface area contributed by atoms with E-state index in [1.54, 1.807) is 48.8 Å². The van der Waals surface area contributed by atoms with Gasteiger partial charge in [0.1, 0.15) is 5.82 Å². The monoisotopic (exact) mass is 480 g/mol. The van der Waals surface area contributed by atoms with Crippen molar-refractivity contribution in [3.05, 3.63) is 115 Å². The molecule has 0 saturated carbocycles. The van der Waals surface area contributed by atoms with Gasteiger partial charge in [-0.25, -0.2) is 9.07 Å². The van der Waals surface area contributed by atoms with Gasteiger partial charge in [-0.2, -0.15) is 0 Å². The number of halogens is 3. The third-order valence-corrected chi connectivity index (χ3v) is 5.86. The molecule has 2 aromatic carbocycles. The maximum atomic E-state index is 15.1. The topological polar surface area (TPSA) is 72.7 Å². The molecule has 164 valence electrons. The average molecular weight is 481 g/mol. The second-order valence-electron chi connectivity index (χ2n) is 7.40. The number of para-hydroxylation sites is 1. The van der Waals surface area contributed by atoms with Crippen LogP contribution < -0.4 is 11.1 Å². The number of pyridine rings is 2. The molecular weight excluding hydrogens is 466 g/mol. The van der Waals surface area contributed by atoms with Crippen LogP contribution >= 0.6 is 23.2 Å².